The number of hydrogen-bond donors (Lipinski definition) is 1. The molecule has 0 saturated heterocycles. The average molecular weight is 284 g/mol. The quantitative estimate of drug-likeness (QED) is 0.746. The lowest BCUT2D eigenvalue weighted by molar-refractivity contribution is 0.0692. The number of hydrogen-bond acceptors (Lipinski definition) is 4. The number of carboxylic acids is 1. The highest BCUT2D eigenvalue weighted by Gasteiger charge is 2.18. The number of aromatic carboxylic acids is 1. The van der Waals surface area contributed by atoms with Gasteiger partial charge in [0.05, 0.1) is 5.69 Å². The van der Waals surface area contributed by atoms with E-state index in [9.17, 15) is 9.18 Å². The number of benzene rings is 1. The molecule has 6 nitrogen and oxygen atoms in total. The van der Waals surface area contributed by atoms with Gasteiger partial charge >= 0.3 is 5.97 Å². The molecule has 21 heavy (non-hydrogen) atoms. The Kier molecular flexibility index (Phi) is 3.15. The number of imidazole rings is 1. The number of aromatic nitrogens is 2. The molecule has 0 saturated carbocycles. The summed E-state index contributed by atoms with van der Waals surface area (Å²) >= 11 is 0. The van der Waals surface area contributed by atoms with Crippen LogP contribution < -0.4 is 0 Å². The second-order valence-corrected chi connectivity index (χ2v) is 4.20. The van der Waals surface area contributed by atoms with E-state index >= 15 is 0 Å². The lowest BCUT2D eigenvalue weighted by Crippen LogP contribution is -1.96. The fourth-order valence-corrected chi connectivity index (χ4v) is 1.85. The molecule has 0 radical (unpaired) electrons. The second-order valence-electron chi connectivity index (χ2n) is 4.20. The molecule has 2 aromatic heterocycles. The summed E-state index contributed by atoms with van der Waals surface area (Å²) in [6, 6.07) is 11.4. The molecule has 104 valence electrons. The predicted octanol–water partition coefficient (Wildman–Crippen LogP) is 3.59. The smallest absolute Gasteiger partial charge is 0.358 e. The Hall–Kier alpha value is -3.09. The van der Waals surface area contributed by atoms with Crippen LogP contribution in [0.25, 0.3) is 5.65 Å². The number of carboxylic acid groups (broad SMARTS) is 1. The average Bonchev–Trinajstić information content (AvgIpc) is 2.84. The van der Waals surface area contributed by atoms with Crippen LogP contribution >= 0.6 is 0 Å². The van der Waals surface area contributed by atoms with E-state index in [0.29, 0.717) is 5.69 Å². The van der Waals surface area contributed by atoms with Crippen molar-refractivity contribution in [2.24, 2.45) is 10.2 Å². The van der Waals surface area contributed by atoms with E-state index < -0.39 is 11.8 Å². The maximum Gasteiger partial charge on any atom is 0.358 e. The van der Waals surface area contributed by atoms with Gasteiger partial charge in [0.2, 0.25) is 0 Å². The number of rotatable bonds is 3. The Bertz CT molecular complexity index is 843. The van der Waals surface area contributed by atoms with Crippen molar-refractivity contribution >= 4 is 23.1 Å². The summed E-state index contributed by atoms with van der Waals surface area (Å²) in [4.78, 5) is 15.1. The number of halogens is 1. The van der Waals surface area contributed by atoms with Gasteiger partial charge in [-0.3, -0.25) is 4.40 Å². The maximum absolute atomic E-state index is 13.3. The highest BCUT2D eigenvalue weighted by molar-refractivity contribution is 5.91. The SMILES string of the molecule is O=C(O)c1nc2ccc(F)cn2c1N=Nc1ccccc1. The number of fused-ring (bicyclic) bond motifs is 1. The van der Waals surface area contributed by atoms with Crippen LogP contribution in [0.2, 0.25) is 0 Å². The molecular weight excluding hydrogens is 275 g/mol. The van der Waals surface area contributed by atoms with Crippen LogP contribution in [0.4, 0.5) is 15.9 Å². The van der Waals surface area contributed by atoms with E-state index in [1.807, 2.05) is 6.07 Å². The van der Waals surface area contributed by atoms with Crippen molar-refractivity contribution in [1.29, 1.82) is 0 Å². The molecule has 3 aromatic rings. The van der Waals surface area contributed by atoms with Gasteiger partial charge < -0.3 is 5.11 Å². The van der Waals surface area contributed by atoms with Gasteiger partial charge in [-0.1, -0.05) is 18.2 Å². The van der Waals surface area contributed by atoms with E-state index in [0.717, 1.165) is 6.20 Å². The van der Waals surface area contributed by atoms with Gasteiger partial charge in [0.25, 0.3) is 0 Å². The summed E-state index contributed by atoms with van der Waals surface area (Å²) in [5, 5.41) is 17.0. The summed E-state index contributed by atoms with van der Waals surface area (Å²) < 4.78 is 14.6. The molecule has 0 spiro atoms. The molecule has 0 aliphatic heterocycles. The van der Waals surface area contributed by atoms with E-state index in [4.69, 9.17) is 5.11 Å². The summed E-state index contributed by atoms with van der Waals surface area (Å²) in [6.07, 6.45) is 1.12. The third-order valence-electron chi connectivity index (χ3n) is 2.78. The van der Waals surface area contributed by atoms with E-state index in [1.54, 1.807) is 24.3 Å². The molecule has 0 amide bonds. The number of carbonyl (C=O) groups is 1. The van der Waals surface area contributed by atoms with Crippen molar-refractivity contribution in [3.63, 3.8) is 0 Å². The normalized spacial score (nSPS) is 11.3. The molecule has 0 atom stereocenters. The fraction of sp³-hybridized carbons (Fsp3) is 0. The van der Waals surface area contributed by atoms with Crippen molar-refractivity contribution in [1.82, 2.24) is 9.38 Å². The van der Waals surface area contributed by atoms with E-state index in [-0.39, 0.29) is 17.2 Å². The van der Waals surface area contributed by atoms with Crippen molar-refractivity contribution in [2.75, 3.05) is 0 Å². The van der Waals surface area contributed by atoms with Crippen molar-refractivity contribution in [3.8, 4) is 0 Å². The lowest BCUT2D eigenvalue weighted by Gasteiger charge is -1.96. The van der Waals surface area contributed by atoms with Gasteiger partial charge in [0.1, 0.15) is 11.5 Å². The summed E-state index contributed by atoms with van der Waals surface area (Å²) in [6.45, 7) is 0. The molecule has 2 heterocycles. The standard InChI is InChI=1S/C14H9FN4O2/c15-9-6-7-11-16-12(14(20)21)13(19(11)8-9)18-17-10-4-2-1-3-5-10/h1-8H,(H,20,21). The van der Waals surface area contributed by atoms with Crippen LogP contribution in [0.15, 0.2) is 58.9 Å². The zero-order valence-corrected chi connectivity index (χ0v) is 10.6. The number of nitrogens with zero attached hydrogens (tertiary/aromatic N) is 4. The minimum atomic E-state index is -1.25. The summed E-state index contributed by atoms with van der Waals surface area (Å²) in [5.74, 6) is -1.80. The molecule has 3 rings (SSSR count). The van der Waals surface area contributed by atoms with Crippen LogP contribution in [0.5, 0.6) is 0 Å². The van der Waals surface area contributed by atoms with Crippen LogP contribution in [0, 0.1) is 5.82 Å². The molecule has 0 bridgehead atoms. The van der Waals surface area contributed by atoms with Crippen LogP contribution in [0.1, 0.15) is 10.5 Å². The molecule has 1 aromatic carbocycles. The van der Waals surface area contributed by atoms with Gasteiger partial charge in [0.15, 0.2) is 11.5 Å². The Morgan fingerprint density at radius 3 is 2.62 bits per heavy atom. The van der Waals surface area contributed by atoms with E-state index in [2.05, 4.69) is 15.2 Å². The Balaban J connectivity index is 2.15. The fourth-order valence-electron chi connectivity index (χ4n) is 1.85. The molecule has 0 unspecified atom stereocenters. The molecule has 0 aliphatic rings. The predicted molar refractivity (Wildman–Crippen MR) is 72.7 cm³/mol. The Morgan fingerprint density at radius 2 is 1.90 bits per heavy atom. The third-order valence-corrected chi connectivity index (χ3v) is 2.78. The van der Waals surface area contributed by atoms with Gasteiger partial charge in [0, 0.05) is 6.20 Å². The Morgan fingerprint density at radius 1 is 1.14 bits per heavy atom. The zero-order chi connectivity index (χ0) is 14.8. The van der Waals surface area contributed by atoms with Gasteiger partial charge in [-0.05, 0) is 24.3 Å². The first-order valence-electron chi connectivity index (χ1n) is 6.03. The first-order valence-corrected chi connectivity index (χ1v) is 6.03. The summed E-state index contributed by atoms with van der Waals surface area (Å²) in [5.41, 5.74) is 0.566. The van der Waals surface area contributed by atoms with Crippen molar-refractivity contribution < 1.29 is 14.3 Å². The Labute approximate surface area is 118 Å². The number of pyridine rings is 1. The highest BCUT2D eigenvalue weighted by atomic mass is 19.1. The molecule has 0 fully saturated rings. The lowest BCUT2D eigenvalue weighted by atomic mass is 10.3. The first kappa shape index (κ1) is 12.9. The van der Waals surface area contributed by atoms with Crippen LogP contribution in [-0.4, -0.2) is 20.5 Å². The van der Waals surface area contributed by atoms with E-state index in [1.165, 1.54) is 16.5 Å². The molecular formula is C14H9FN4O2. The van der Waals surface area contributed by atoms with Gasteiger partial charge in [-0.2, -0.15) is 0 Å². The topological polar surface area (TPSA) is 79.3 Å². The van der Waals surface area contributed by atoms with Gasteiger partial charge in [-0.25, -0.2) is 14.2 Å². The monoisotopic (exact) mass is 284 g/mol. The highest BCUT2D eigenvalue weighted by Crippen LogP contribution is 2.24. The minimum Gasteiger partial charge on any atom is -0.476 e. The molecule has 0 aliphatic carbocycles. The molecule has 7 heteroatoms. The zero-order valence-electron chi connectivity index (χ0n) is 10.6. The third kappa shape index (κ3) is 2.48. The first-order chi connectivity index (χ1) is 10.1. The minimum absolute atomic E-state index is 0.0270. The largest absolute Gasteiger partial charge is 0.476 e. The summed E-state index contributed by atoms with van der Waals surface area (Å²) in [7, 11) is 0. The second kappa shape index (κ2) is 5.12. The van der Waals surface area contributed by atoms with Gasteiger partial charge in [-0.15, -0.1) is 10.2 Å². The van der Waals surface area contributed by atoms with Crippen molar-refractivity contribution in [2.45, 2.75) is 0 Å². The molecule has 1 N–H and O–H groups in total. The number of azo groups is 1. The van der Waals surface area contributed by atoms with Crippen LogP contribution in [-0.2, 0) is 0 Å². The van der Waals surface area contributed by atoms with Crippen LogP contribution in [0.3, 0.4) is 0 Å². The van der Waals surface area contributed by atoms with Crippen molar-refractivity contribution in [3.05, 3.63) is 60.2 Å². The maximum atomic E-state index is 13.3.